The second kappa shape index (κ2) is 13.2. The molecule has 2 aliphatic heterocycles. The van der Waals surface area contributed by atoms with Crippen molar-refractivity contribution in [2.24, 2.45) is 5.92 Å². The van der Waals surface area contributed by atoms with Crippen LogP contribution in [0.5, 0.6) is 6.01 Å². The van der Waals surface area contributed by atoms with Crippen LogP contribution in [0.1, 0.15) is 36.9 Å². The molecule has 2 aromatic carbocycles. The van der Waals surface area contributed by atoms with E-state index in [1.807, 2.05) is 12.1 Å². The number of nitriles is 1. The van der Waals surface area contributed by atoms with Gasteiger partial charge in [0.15, 0.2) is 5.83 Å². The van der Waals surface area contributed by atoms with E-state index in [0.29, 0.717) is 55.7 Å². The Morgan fingerprint density at radius 3 is 2.71 bits per heavy atom. The first-order valence-corrected chi connectivity index (χ1v) is 16.0. The van der Waals surface area contributed by atoms with Gasteiger partial charge in [-0.05, 0) is 50.9 Å². The molecular weight excluding hydrogens is 593 g/mol. The van der Waals surface area contributed by atoms with E-state index in [0.717, 1.165) is 52.9 Å². The van der Waals surface area contributed by atoms with Crippen LogP contribution in [0, 0.1) is 17.2 Å². The van der Waals surface area contributed by atoms with Crippen LogP contribution in [0.2, 0.25) is 5.02 Å². The van der Waals surface area contributed by atoms with E-state index in [-0.39, 0.29) is 13.0 Å². The van der Waals surface area contributed by atoms with E-state index in [1.54, 1.807) is 0 Å². The van der Waals surface area contributed by atoms with Gasteiger partial charge in [-0.25, -0.2) is 4.39 Å². The van der Waals surface area contributed by atoms with Crippen molar-refractivity contribution in [2.75, 3.05) is 56.7 Å². The minimum atomic E-state index is -1.02. The number of fused-ring (bicyclic) bond motifs is 2. The average Bonchev–Trinajstić information content (AvgIpc) is 3.52. The Balaban J connectivity index is 1.34. The van der Waals surface area contributed by atoms with Gasteiger partial charge in [0.1, 0.15) is 5.82 Å². The molecule has 1 aliphatic carbocycles. The van der Waals surface area contributed by atoms with Gasteiger partial charge in [-0.2, -0.15) is 15.2 Å². The molecule has 0 N–H and O–H groups in total. The van der Waals surface area contributed by atoms with Gasteiger partial charge >= 0.3 is 6.01 Å². The lowest BCUT2D eigenvalue weighted by Gasteiger charge is -2.42. The summed E-state index contributed by atoms with van der Waals surface area (Å²) in [6, 6.07) is 14.6. The number of carbonyl (C=O) groups excluding carboxylic acids is 1. The molecule has 0 bridgehead atoms. The van der Waals surface area contributed by atoms with Crippen molar-refractivity contribution in [3.05, 3.63) is 65.1 Å². The number of amides is 1. The van der Waals surface area contributed by atoms with Crippen LogP contribution in [-0.4, -0.2) is 84.6 Å². The summed E-state index contributed by atoms with van der Waals surface area (Å²) in [5.41, 5.74) is 2.97. The smallest absolute Gasteiger partial charge is 0.318 e. The highest BCUT2D eigenvalue weighted by Crippen LogP contribution is 2.38. The molecule has 0 radical (unpaired) electrons. The standard InChI is InChI=1S/C34H39ClFN7O2/c1-22(36)33(44)43-18-17-42(19-25(43)13-15-37)32-26-14-16-41(30-12-5-8-23-7-4-10-27(35)31(23)30)20-28(26)38-34(39-32)45-21-24-9-6-11-29(24)40(2)3/h4-5,7-8,10,12,24-25,29H,1,6,9,11,13-14,16-21H2,2-3H3/t24-,25?,29-/m0/s1. The molecule has 9 nitrogen and oxygen atoms in total. The highest BCUT2D eigenvalue weighted by Gasteiger charge is 2.35. The lowest BCUT2D eigenvalue weighted by Crippen LogP contribution is -2.55. The van der Waals surface area contributed by atoms with E-state index in [4.69, 9.17) is 26.3 Å². The third kappa shape index (κ3) is 6.29. The molecule has 1 aromatic heterocycles. The Morgan fingerprint density at radius 2 is 1.96 bits per heavy atom. The quantitative estimate of drug-likeness (QED) is 0.307. The Bertz CT molecular complexity index is 1640. The van der Waals surface area contributed by atoms with Crippen LogP contribution in [0.15, 0.2) is 48.8 Å². The molecule has 0 spiro atoms. The molecule has 11 heteroatoms. The summed E-state index contributed by atoms with van der Waals surface area (Å²) in [7, 11) is 4.23. The largest absolute Gasteiger partial charge is 0.463 e. The molecule has 2 fully saturated rings. The first-order chi connectivity index (χ1) is 21.7. The molecule has 3 aliphatic rings. The zero-order valence-corrected chi connectivity index (χ0v) is 26.6. The molecule has 3 atom stereocenters. The average molecular weight is 632 g/mol. The van der Waals surface area contributed by atoms with Crippen LogP contribution >= 0.6 is 11.6 Å². The molecule has 1 amide bonds. The van der Waals surface area contributed by atoms with Crippen molar-refractivity contribution < 1.29 is 13.9 Å². The van der Waals surface area contributed by atoms with Crippen molar-refractivity contribution >= 4 is 39.8 Å². The van der Waals surface area contributed by atoms with E-state index in [2.05, 4.69) is 65.7 Å². The molecule has 236 valence electrons. The second-order valence-electron chi connectivity index (χ2n) is 12.4. The van der Waals surface area contributed by atoms with Gasteiger partial charge in [-0.1, -0.05) is 48.9 Å². The first-order valence-electron chi connectivity index (χ1n) is 15.6. The Hall–Kier alpha value is -3.94. The van der Waals surface area contributed by atoms with E-state index >= 15 is 0 Å². The maximum atomic E-state index is 13.8. The van der Waals surface area contributed by atoms with Gasteiger partial charge in [-0.3, -0.25) is 4.79 Å². The zero-order chi connectivity index (χ0) is 31.7. The van der Waals surface area contributed by atoms with Gasteiger partial charge in [0.2, 0.25) is 0 Å². The number of nitrogens with zero attached hydrogens (tertiary/aromatic N) is 7. The van der Waals surface area contributed by atoms with Crippen LogP contribution in [0.3, 0.4) is 0 Å². The molecular formula is C34H39ClFN7O2. The molecule has 1 saturated heterocycles. The molecule has 1 unspecified atom stereocenters. The maximum absolute atomic E-state index is 13.8. The Kier molecular flexibility index (Phi) is 9.11. The number of anilines is 2. The highest BCUT2D eigenvalue weighted by molar-refractivity contribution is 6.36. The van der Waals surface area contributed by atoms with Crippen molar-refractivity contribution in [3.8, 4) is 12.1 Å². The first kappa shape index (κ1) is 31.1. The number of hydrogen-bond acceptors (Lipinski definition) is 8. The van der Waals surface area contributed by atoms with Gasteiger partial charge in [0, 0.05) is 54.8 Å². The van der Waals surface area contributed by atoms with Crippen LogP contribution in [0.25, 0.3) is 10.8 Å². The van der Waals surface area contributed by atoms with Gasteiger partial charge < -0.3 is 24.3 Å². The molecule has 1 saturated carbocycles. The summed E-state index contributed by atoms with van der Waals surface area (Å²) in [6.07, 6.45) is 4.19. The monoisotopic (exact) mass is 631 g/mol. The number of aromatic nitrogens is 2. The van der Waals surface area contributed by atoms with Gasteiger partial charge in [0.05, 0.1) is 42.4 Å². The third-order valence-corrected chi connectivity index (χ3v) is 9.82. The number of benzene rings is 2. The van der Waals surface area contributed by atoms with Crippen LogP contribution < -0.4 is 14.5 Å². The fraction of sp³-hybridized carbons (Fsp3) is 0.471. The van der Waals surface area contributed by atoms with Crippen molar-refractivity contribution in [1.82, 2.24) is 19.8 Å². The highest BCUT2D eigenvalue weighted by atomic mass is 35.5. The maximum Gasteiger partial charge on any atom is 0.318 e. The summed E-state index contributed by atoms with van der Waals surface area (Å²) >= 11 is 6.70. The summed E-state index contributed by atoms with van der Waals surface area (Å²) in [6.45, 7) is 6.06. The second-order valence-corrected chi connectivity index (χ2v) is 12.8. The topological polar surface area (TPSA) is 88.8 Å². The van der Waals surface area contributed by atoms with E-state index < -0.39 is 17.8 Å². The lowest BCUT2D eigenvalue weighted by atomic mass is 10.0. The van der Waals surface area contributed by atoms with Crippen LogP contribution in [-0.2, 0) is 17.8 Å². The number of rotatable bonds is 8. The number of ether oxygens (including phenoxy) is 1. The van der Waals surface area contributed by atoms with Gasteiger partial charge in [0.25, 0.3) is 5.91 Å². The zero-order valence-electron chi connectivity index (χ0n) is 25.9. The van der Waals surface area contributed by atoms with Crippen LogP contribution in [0.4, 0.5) is 15.9 Å². The number of hydrogen-bond donors (Lipinski definition) is 0. The number of carbonyl (C=O) groups is 1. The summed E-state index contributed by atoms with van der Waals surface area (Å²) < 4.78 is 20.2. The van der Waals surface area contributed by atoms with Crippen molar-refractivity contribution in [1.29, 1.82) is 5.26 Å². The molecule has 6 rings (SSSR count). The summed E-state index contributed by atoms with van der Waals surface area (Å²) in [4.78, 5) is 30.6. The van der Waals surface area contributed by atoms with Crippen molar-refractivity contribution in [3.63, 3.8) is 0 Å². The fourth-order valence-corrected chi connectivity index (χ4v) is 7.56. The lowest BCUT2D eigenvalue weighted by molar-refractivity contribution is -0.131. The minimum absolute atomic E-state index is 0.0787. The van der Waals surface area contributed by atoms with Gasteiger partial charge in [-0.15, -0.1) is 0 Å². The normalized spacial score (nSPS) is 21.6. The molecule has 3 aromatic rings. The van der Waals surface area contributed by atoms with Crippen molar-refractivity contribution in [2.45, 2.75) is 50.7 Å². The molecule has 45 heavy (non-hydrogen) atoms. The fourth-order valence-electron chi connectivity index (χ4n) is 7.28. The number of piperazine rings is 1. The summed E-state index contributed by atoms with van der Waals surface area (Å²) in [5.74, 6) is -0.630. The van der Waals surface area contributed by atoms with E-state index in [9.17, 15) is 14.4 Å². The summed E-state index contributed by atoms with van der Waals surface area (Å²) in [5, 5.41) is 12.3. The Morgan fingerprint density at radius 1 is 1.16 bits per heavy atom. The predicted molar refractivity (Wildman–Crippen MR) is 174 cm³/mol. The third-order valence-electron chi connectivity index (χ3n) is 9.51. The SMILES string of the molecule is C=C(F)C(=O)N1CCN(c2nc(OC[C@@H]3CCC[C@@H]3N(C)C)nc3c2CCN(c2cccc4cccc(Cl)c24)C3)CC1CC#N. The predicted octanol–water partition coefficient (Wildman–Crippen LogP) is 5.37. The minimum Gasteiger partial charge on any atom is -0.463 e. The number of halogens is 2. The molecule has 3 heterocycles. The van der Waals surface area contributed by atoms with E-state index in [1.165, 1.54) is 11.3 Å². The Labute approximate surface area is 268 Å².